The predicted octanol–water partition coefficient (Wildman–Crippen LogP) is 5.10. The Morgan fingerprint density at radius 2 is 1.31 bits per heavy atom. The molecular weight excluding hydrogens is 366 g/mol. The van der Waals surface area contributed by atoms with Crippen LogP contribution >= 0.6 is 0 Å². The summed E-state index contributed by atoms with van der Waals surface area (Å²) in [4.78, 5) is 0. The van der Waals surface area contributed by atoms with Crippen molar-refractivity contribution in [3.8, 4) is 0 Å². The van der Waals surface area contributed by atoms with Gasteiger partial charge in [0.1, 0.15) is 0 Å². The standard InChI is InChI=1S/C15H25.Re.2H2/c1-3-13-6-10-15(11-7-13)14-8-4-12(2)5-9-14;;;/h1,3,12-15H,4-11H2,2H3;;2*1H/q-1;;;. The molecule has 2 saturated carbocycles. The molecule has 0 unspecified atom stereocenters. The normalized spacial score (nSPS) is 39.8. The van der Waals surface area contributed by atoms with E-state index in [0.717, 1.165) is 23.7 Å². The molecule has 0 aromatic carbocycles. The van der Waals surface area contributed by atoms with Gasteiger partial charge in [0, 0.05) is 23.3 Å². The molecule has 2 rings (SSSR count). The molecule has 0 aromatic rings. The van der Waals surface area contributed by atoms with E-state index in [9.17, 15) is 0 Å². The smallest absolute Gasteiger partial charge is 0 e. The Morgan fingerprint density at radius 1 is 0.875 bits per heavy atom. The summed E-state index contributed by atoms with van der Waals surface area (Å²) in [7, 11) is 0. The maximum Gasteiger partial charge on any atom is 0 e. The van der Waals surface area contributed by atoms with E-state index in [1.807, 2.05) is 6.08 Å². The zero-order valence-electron chi connectivity index (χ0n) is 10.5. The average molecular weight is 396 g/mol. The van der Waals surface area contributed by atoms with Gasteiger partial charge in [-0.05, 0) is 56.3 Å². The van der Waals surface area contributed by atoms with Gasteiger partial charge in [0.15, 0.2) is 0 Å². The summed E-state index contributed by atoms with van der Waals surface area (Å²) in [5.41, 5.74) is 0. The largest absolute Gasteiger partial charge is 0.518 e. The Kier molecular flexibility index (Phi) is 6.30. The Labute approximate surface area is 118 Å². The van der Waals surface area contributed by atoms with Crippen molar-refractivity contribution in [3.63, 3.8) is 0 Å². The molecule has 97 valence electrons. The molecule has 0 heterocycles. The first kappa shape index (κ1) is 14.5. The summed E-state index contributed by atoms with van der Waals surface area (Å²) in [6, 6.07) is 0. The monoisotopic (exact) mass is 396 g/mol. The maximum absolute atomic E-state index is 5.62. The fourth-order valence-corrected chi connectivity index (χ4v) is 3.57. The first-order valence-electron chi connectivity index (χ1n) is 6.84. The van der Waals surface area contributed by atoms with Gasteiger partial charge in [-0.25, -0.2) is 0 Å². The van der Waals surface area contributed by atoms with Gasteiger partial charge in [-0.1, -0.05) is 25.7 Å². The molecule has 0 spiro atoms. The maximum atomic E-state index is 5.62. The van der Waals surface area contributed by atoms with Gasteiger partial charge in [0.25, 0.3) is 0 Å². The third-order valence-corrected chi connectivity index (χ3v) is 4.82. The van der Waals surface area contributed by atoms with Crippen LogP contribution < -0.4 is 0 Å². The van der Waals surface area contributed by atoms with Gasteiger partial charge in [-0.2, -0.15) is 0 Å². The molecule has 0 nitrogen and oxygen atoms in total. The van der Waals surface area contributed by atoms with Gasteiger partial charge in [0.2, 0.25) is 0 Å². The first-order chi connectivity index (χ1) is 7.29. The number of rotatable bonds is 2. The SMILES string of the molecule is [CH-]=CC1CCC(C2CCC(C)CC2)CC1.[HH].[HH].[Re]. The molecule has 1 heteroatoms. The molecule has 0 bridgehead atoms. The predicted molar refractivity (Wildman–Crippen MR) is 69.7 cm³/mol. The quantitative estimate of drug-likeness (QED) is 0.571. The van der Waals surface area contributed by atoms with E-state index in [2.05, 4.69) is 6.92 Å². The Morgan fingerprint density at radius 3 is 1.75 bits per heavy atom. The third-order valence-electron chi connectivity index (χ3n) is 4.82. The second-order valence-electron chi connectivity index (χ2n) is 5.89. The van der Waals surface area contributed by atoms with Crippen molar-refractivity contribution in [1.29, 1.82) is 0 Å². The topological polar surface area (TPSA) is 0 Å². The van der Waals surface area contributed by atoms with Crippen molar-refractivity contribution in [3.05, 3.63) is 12.7 Å². The first-order valence-corrected chi connectivity index (χ1v) is 6.84. The van der Waals surface area contributed by atoms with Crippen LogP contribution in [0, 0.1) is 30.3 Å². The van der Waals surface area contributed by atoms with E-state index in [1.165, 1.54) is 51.4 Å². The van der Waals surface area contributed by atoms with Crippen molar-refractivity contribution >= 4 is 0 Å². The van der Waals surface area contributed by atoms with Crippen LogP contribution in [0.1, 0.15) is 61.1 Å². The zero-order chi connectivity index (χ0) is 10.7. The summed E-state index contributed by atoms with van der Waals surface area (Å²) < 4.78 is 0. The van der Waals surface area contributed by atoms with Crippen LogP contribution in [0.2, 0.25) is 0 Å². The van der Waals surface area contributed by atoms with Gasteiger partial charge in [-0.3, -0.25) is 6.08 Å². The molecule has 2 fully saturated rings. The van der Waals surface area contributed by atoms with Crippen molar-refractivity contribution in [2.24, 2.45) is 23.7 Å². The molecular formula is C15H29Re-. The summed E-state index contributed by atoms with van der Waals surface area (Å²) >= 11 is 0. The molecule has 0 saturated heterocycles. The summed E-state index contributed by atoms with van der Waals surface area (Å²) in [5, 5.41) is 0. The van der Waals surface area contributed by atoms with E-state index in [0.29, 0.717) is 0 Å². The minimum atomic E-state index is 0. The zero-order valence-corrected chi connectivity index (χ0v) is 13.2. The van der Waals surface area contributed by atoms with Crippen molar-refractivity contribution < 1.29 is 23.3 Å². The number of hydrogen-bond donors (Lipinski definition) is 0. The van der Waals surface area contributed by atoms with E-state index in [-0.39, 0.29) is 23.3 Å². The minimum Gasteiger partial charge on any atom is -0.518 e. The van der Waals surface area contributed by atoms with Crippen LogP contribution in [0.3, 0.4) is 0 Å². The second-order valence-corrected chi connectivity index (χ2v) is 5.89. The fraction of sp³-hybridized carbons (Fsp3) is 0.867. The van der Waals surface area contributed by atoms with Crippen molar-refractivity contribution in [1.82, 2.24) is 0 Å². The molecule has 2 aliphatic carbocycles. The van der Waals surface area contributed by atoms with Crippen molar-refractivity contribution in [2.75, 3.05) is 0 Å². The van der Waals surface area contributed by atoms with Crippen LogP contribution in [0.5, 0.6) is 0 Å². The van der Waals surface area contributed by atoms with E-state index < -0.39 is 0 Å². The molecule has 0 aromatic heterocycles. The molecule has 0 atom stereocenters. The Balaban J connectivity index is 0. The van der Waals surface area contributed by atoms with Crippen molar-refractivity contribution in [2.45, 2.75) is 58.3 Å². The summed E-state index contributed by atoms with van der Waals surface area (Å²) in [5.74, 6) is 3.81. The van der Waals surface area contributed by atoms with Crippen LogP contribution in [0.25, 0.3) is 0 Å². The van der Waals surface area contributed by atoms with Gasteiger partial charge >= 0.3 is 0 Å². The van der Waals surface area contributed by atoms with Gasteiger partial charge < -0.3 is 6.58 Å². The Hall–Kier alpha value is 0.402. The molecule has 16 heavy (non-hydrogen) atoms. The van der Waals surface area contributed by atoms with Crippen LogP contribution in [-0.2, 0) is 20.4 Å². The van der Waals surface area contributed by atoms with E-state index in [4.69, 9.17) is 6.58 Å². The molecule has 1 radical (unpaired) electrons. The van der Waals surface area contributed by atoms with Crippen LogP contribution in [0.15, 0.2) is 6.08 Å². The number of hydrogen-bond acceptors (Lipinski definition) is 0. The molecule has 2 aliphatic rings. The van der Waals surface area contributed by atoms with Crippen LogP contribution in [-0.4, -0.2) is 0 Å². The average Bonchev–Trinajstić information content (AvgIpc) is 2.30. The molecule has 0 amide bonds. The van der Waals surface area contributed by atoms with E-state index >= 15 is 0 Å². The second kappa shape index (κ2) is 6.97. The third kappa shape index (κ3) is 3.71. The van der Waals surface area contributed by atoms with Crippen LogP contribution in [0.4, 0.5) is 0 Å². The Bertz CT molecular complexity index is 205. The minimum absolute atomic E-state index is 0. The molecule has 0 N–H and O–H groups in total. The van der Waals surface area contributed by atoms with Gasteiger partial charge in [-0.15, -0.1) is 0 Å². The fourth-order valence-electron chi connectivity index (χ4n) is 3.57. The summed E-state index contributed by atoms with van der Waals surface area (Å²) in [6.45, 7) is 8.03. The summed E-state index contributed by atoms with van der Waals surface area (Å²) in [6.07, 6.45) is 13.5. The molecule has 0 aliphatic heterocycles. The number of allylic oxidation sites excluding steroid dienone is 1. The van der Waals surface area contributed by atoms with Gasteiger partial charge in [0.05, 0.1) is 0 Å². The van der Waals surface area contributed by atoms with E-state index in [1.54, 1.807) is 0 Å².